The fraction of sp³-hybridized carbons (Fsp3) is 0.385. The molecule has 2 aromatic rings. The zero-order valence-corrected chi connectivity index (χ0v) is 10.9. The molecule has 0 radical (unpaired) electrons. The fourth-order valence-electron chi connectivity index (χ4n) is 2.07. The highest BCUT2D eigenvalue weighted by atomic mass is 19.4. The zero-order valence-electron chi connectivity index (χ0n) is 10.9. The number of rotatable bonds is 2. The number of ether oxygens (including phenoxy) is 1. The van der Waals surface area contributed by atoms with Crippen molar-refractivity contribution < 1.29 is 22.4 Å². The van der Waals surface area contributed by atoms with Crippen LogP contribution in [-0.4, -0.2) is 42.1 Å². The zero-order chi connectivity index (χ0) is 14.9. The normalized spacial score (nSPS) is 19.8. The number of aromatic nitrogens is 2. The van der Waals surface area contributed by atoms with Gasteiger partial charge >= 0.3 is 12.2 Å². The number of morpholine rings is 1. The summed E-state index contributed by atoms with van der Waals surface area (Å²) in [6.07, 6.45) is -6.24. The third-order valence-corrected chi connectivity index (χ3v) is 3.15. The first-order chi connectivity index (χ1) is 10.0. The number of anilines is 1. The van der Waals surface area contributed by atoms with Crippen molar-refractivity contribution in [2.24, 2.45) is 0 Å². The first-order valence-corrected chi connectivity index (χ1v) is 6.36. The molecule has 0 spiro atoms. The van der Waals surface area contributed by atoms with Crippen LogP contribution in [0.5, 0.6) is 0 Å². The van der Waals surface area contributed by atoms with Crippen molar-refractivity contribution in [2.45, 2.75) is 12.3 Å². The third-order valence-electron chi connectivity index (χ3n) is 3.15. The van der Waals surface area contributed by atoms with E-state index in [0.29, 0.717) is 5.82 Å². The molecule has 3 rings (SSSR count). The van der Waals surface area contributed by atoms with Crippen molar-refractivity contribution in [3.05, 3.63) is 30.3 Å². The van der Waals surface area contributed by atoms with E-state index in [1.807, 2.05) is 18.2 Å². The Balaban J connectivity index is 1.77. The number of nitrogens with zero attached hydrogens (tertiary/aromatic N) is 3. The van der Waals surface area contributed by atoms with Gasteiger partial charge in [0.25, 0.3) is 0 Å². The molecule has 1 aliphatic rings. The molecule has 1 aliphatic heterocycles. The molecule has 0 amide bonds. The summed E-state index contributed by atoms with van der Waals surface area (Å²) in [4.78, 5) is 5.54. The molecule has 1 atom stereocenters. The second-order valence-corrected chi connectivity index (χ2v) is 4.61. The molecular formula is C13H12F3N3O2. The number of hydrogen-bond acceptors (Lipinski definition) is 5. The Morgan fingerprint density at radius 3 is 2.67 bits per heavy atom. The number of halogens is 3. The second kappa shape index (κ2) is 5.36. The number of hydrogen-bond donors (Lipinski definition) is 0. The summed E-state index contributed by atoms with van der Waals surface area (Å²) >= 11 is 0. The Kier molecular flexibility index (Phi) is 3.54. The topological polar surface area (TPSA) is 51.4 Å². The van der Waals surface area contributed by atoms with Crippen LogP contribution < -0.4 is 4.90 Å². The number of benzene rings is 1. The fourth-order valence-corrected chi connectivity index (χ4v) is 2.07. The van der Waals surface area contributed by atoms with Gasteiger partial charge in [-0.15, -0.1) is 0 Å². The molecule has 0 N–H and O–H groups in total. The molecule has 21 heavy (non-hydrogen) atoms. The van der Waals surface area contributed by atoms with Gasteiger partial charge in [-0.3, -0.25) is 0 Å². The Morgan fingerprint density at radius 1 is 1.19 bits per heavy atom. The third kappa shape index (κ3) is 2.99. The standard InChI is InChI=1S/C13H12F3N3O2/c14-13(15,16)10-8-19(6-7-20-10)12-17-11(18-21-12)9-4-2-1-3-5-9/h1-5,10H,6-8H2. The molecular weight excluding hydrogens is 287 g/mol. The van der Waals surface area contributed by atoms with E-state index in [1.54, 1.807) is 12.1 Å². The summed E-state index contributed by atoms with van der Waals surface area (Å²) in [6.45, 7) is -0.101. The lowest BCUT2D eigenvalue weighted by molar-refractivity contribution is -0.221. The molecule has 112 valence electrons. The minimum Gasteiger partial charge on any atom is -0.365 e. The predicted molar refractivity (Wildman–Crippen MR) is 67.7 cm³/mol. The van der Waals surface area contributed by atoms with Crippen LogP contribution in [0.4, 0.5) is 19.2 Å². The SMILES string of the molecule is FC(F)(F)C1CN(c2nc(-c3ccccc3)no2)CCO1. The average molecular weight is 299 g/mol. The van der Waals surface area contributed by atoms with Crippen molar-refractivity contribution >= 4 is 6.01 Å². The molecule has 1 aromatic heterocycles. The van der Waals surface area contributed by atoms with Crippen LogP contribution >= 0.6 is 0 Å². The van der Waals surface area contributed by atoms with Gasteiger partial charge in [-0.2, -0.15) is 18.2 Å². The Morgan fingerprint density at radius 2 is 1.95 bits per heavy atom. The summed E-state index contributed by atoms with van der Waals surface area (Å²) in [7, 11) is 0. The van der Waals surface area contributed by atoms with Gasteiger partial charge < -0.3 is 14.2 Å². The minimum atomic E-state index is -4.40. The second-order valence-electron chi connectivity index (χ2n) is 4.61. The van der Waals surface area contributed by atoms with E-state index >= 15 is 0 Å². The monoisotopic (exact) mass is 299 g/mol. The molecule has 8 heteroatoms. The van der Waals surface area contributed by atoms with Crippen LogP contribution in [0.1, 0.15) is 0 Å². The molecule has 2 heterocycles. The number of alkyl halides is 3. The van der Waals surface area contributed by atoms with E-state index in [1.165, 1.54) is 4.90 Å². The van der Waals surface area contributed by atoms with E-state index in [4.69, 9.17) is 9.26 Å². The molecule has 0 aliphatic carbocycles. The first kappa shape index (κ1) is 13.9. The highest BCUT2D eigenvalue weighted by Gasteiger charge is 2.44. The lowest BCUT2D eigenvalue weighted by Crippen LogP contribution is -2.49. The van der Waals surface area contributed by atoms with Gasteiger partial charge in [0.05, 0.1) is 13.2 Å². The van der Waals surface area contributed by atoms with Crippen LogP contribution in [-0.2, 0) is 4.74 Å². The lowest BCUT2D eigenvalue weighted by Gasteiger charge is -2.32. The minimum absolute atomic E-state index is 0.0345. The van der Waals surface area contributed by atoms with Gasteiger partial charge in [0.2, 0.25) is 5.82 Å². The molecule has 1 unspecified atom stereocenters. The Bertz CT molecular complexity index is 600. The van der Waals surface area contributed by atoms with Gasteiger partial charge in [-0.05, 0) is 0 Å². The van der Waals surface area contributed by atoms with E-state index in [0.717, 1.165) is 5.56 Å². The summed E-state index contributed by atoms with van der Waals surface area (Å²) in [5.74, 6) is 0.348. The Labute approximate surface area is 118 Å². The maximum atomic E-state index is 12.7. The lowest BCUT2D eigenvalue weighted by atomic mass is 10.2. The molecule has 1 aromatic carbocycles. The molecule has 0 saturated carbocycles. The van der Waals surface area contributed by atoms with Crippen molar-refractivity contribution in [3.63, 3.8) is 0 Å². The van der Waals surface area contributed by atoms with Gasteiger partial charge in [0.15, 0.2) is 6.10 Å². The highest BCUT2D eigenvalue weighted by molar-refractivity contribution is 5.55. The van der Waals surface area contributed by atoms with Crippen LogP contribution in [0, 0.1) is 0 Å². The molecule has 0 bridgehead atoms. The summed E-state index contributed by atoms with van der Waals surface area (Å²) in [5, 5.41) is 3.80. The summed E-state index contributed by atoms with van der Waals surface area (Å²) in [5.41, 5.74) is 0.744. The predicted octanol–water partition coefficient (Wildman–Crippen LogP) is 2.50. The molecule has 1 fully saturated rings. The largest absolute Gasteiger partial charge is 0.416 e. The van der Waals surface area contributed by atoms with E-state index in [9.17, 15) is 13.2 Å². The average Bonchev–Trinajstić information content (AvgIpc) is 2.97. The van der Waals surface area contributed by atoms with Gasteiger partial charge in [0, 0.05) is 12.1 Å². The summed E-state index contributed by atoms with van der Waals surface area (Å²) in [6, 6.07) is 9.16. The van der Waals surface area contributed by atoms with Crippen LogP contribution in [0.3, 0.4) is 0 Å². The van der Waals surface area contributed by atoms with Crippen LogP contribution in [0.25, 0.3) is 11.4 Å². The van der Waals surface area contributed by atoms with Crippen LogP contribution in [0.2, 0.25) is 0 Å². The first-order valence-electron chi connectivity index (χ1n) is 6.36. The molecule has 5 nitrogen and oxygen atoms in total. The van der Waals surface area contributed by atoms with E-state index in [-0.39, 0.29) is 25.7 Å². The van der Waals surface area contributed by atoms with E-state index in [2.05, 4.69) is 10.1 Å². The smallest absolute Gasteiger partial charge is 0.365 e. The maximum absolute atomic E-state index is 12.7. The van der Waals surface area contributed by atoms with Gasteiger partial charge in [0.1, 0.15) is 0 Å². The maximum Gasteiger partial charge on any atom is 0.416 e. The van der Waals surface area contributed by atoms with Crippen molar-refractivity contribution in [3.8, 4) is 11.4 Å². The van der Waals surface area contributed by atoms with Crippen molar-refractivity contribution in [2.75, 3.05) is 24.6 Å². The van der Waals surface area contributed by atoms with Gasteiger partial charge in [-0.1, -0.05) is 35.5 Å². The van der Waals surface area contributed by atoms with Crippen molar-refractivity contribution in [1.82, 2.24) is 10.1 Å². The molecule has 1 saturated heterocycles. The Hall–Kier alpha value is -2.09. The quantitative estimate of drug-likeness (QED) is 0.853. The highest BCUT2D eigenvalue weighted by Crippen LogP contribution is 2.28. The van der Waals surface area contributed by atoms with Crippen molar-refractivity contribution in [1.29, 1.82) is 0 Å². The van der Waals surface area contributed by atoms with E-state index < -0.39 is 12.3 Å². The summed E-state index contributed by atoms with van der Waals surface area (Å²) < 4.78 is 47.8. The van der Waals surface area contributed by atoms with Crippen LogP contribution in [0.15, 0.2) is 34.9 Å². The van der Waals surface area contributed by atoms with Gasteiger partial charge in [-0.25, -0.2) is 0 Å².